The van der Waals surface area contributed by atoms with Gasteiger partial charge < -0.3 is 9.84 Å². The molecule has 2 aromatic rings. The van der Waals surface area contributed by atoms with Crippen LogP contribution in [0, 0.1) is 6.92 Å². The van der Waals surface area contributed by atoms with Crippen LogP contribution < -0.4 is 5.32 Å². The van der Waals surface area contributed by atoms with Gasteiger partial charge in [0.25, 0.3) is 0 Å². The summed E-state index contributed by atoms with van der Waals surface area (Å²) in [6, 6.07) is 0. The van der Waals surface area contributed by atoms with Crippen molar-refractivity contribution in [3.8, 4) is 0 Å². The van der Waals surface area contributed by atoms with Gasteiger partial charge in [-0.05, 0) is 20.3 Å². The number of aryl methyl sites for hydroxylation is 3. The van der Waals surface area contributed by atoms with Crippen molar-refractivity contribution in [2.24, 2.45) is 0 Å². The zero-order valence-electron chi connectivity index (χ0n) is 11.4. The number of rotatable bonds is 6. The largest absolute Gasteiger partial charge is 0.338 e. The number of hydrogen-bond acceptors (Lipinski definition) is 5. The van der Waals surface area contributed by atoms with Gasteiger partial charge in [-0.3, -0.25) is 4.68 Å². The van der Waals surface area contributed by atoms with Crippen LogP contribution in [0.5, 0.6) is 0 Å². The Morgan fingerprint density at radius 3 is 2.68 bits per heavy atom. The maximum atomic E-state index is 6.32. The molecule has 0 aromatic carbocycles. The van der Waals surface area contributed by atoms with Gasteiger partial charge >= 0.3 is 0 Å². The van der Waals surface area contributed by atoms with Gasteiger partial charge in [0.1, 0.15) is 0 Å². The summed E-state index contributed by atoms with van der Waals surface area (Å²) in [6.07, 6.45) is 0.835. The molecule has 0 atom stereocenters. The molecule has 0 saturated carbocycles. The molecule has 19 heavy (non-hydrogen) atoms. The highest BCUT2D eigenvalue weighted by molar-refractivity contribution is 6.31. The van der Waals surface area contributed by atoms with Crippen LogP contribution in [0.25, 0.3) is 0 Å². The Morgan fingerprint density at radius 1 is 1.32 bits per heavy atom. The third-order valence-electron chi connectivity index (χ3n) is 2.83. The van der Waals surface area contributed by atoms with Gasteiger partial charge in [0.15, 0.2) is 5.82 Å². The molecule has 0 aliphatic rings. The van der Waals surface area contributed by atoms with Crippen LogP contribution in [0.4, 0.5) is 0 Å². The summed E-state index contributed by atoms with van der Waals surface area (Å²) in [5.74, 6) is 1.22. The maximum absolute atomic E-state index is 6.32. The van der Waals surface area contributed by atoms with Crippen LogP contribution in [0.15, 0.2) is 4.52 Å². The second kappa shape index (κ2) is 6.16. The second-order valence-electron chi connectivity index (χ2n) is 4.22. The SMILES string of the molecule is CCc1nn(CC)c(CNCc2nc(C)no2)c1Cl. The molecule has 2 rings (SSSR count). The maximum Gasteiger partial charge on any atom is 0.240 e. The molecule has 0 aliphatic heterocycles. The minimum absolute atomic E-state index is 0.521. The Labute approximate surface area is 117 Å². The fourth-order valence-electron chi connectivity index (χ4n) is 1.89. The molecule has 0 radical (unpaired) electrons. The Hall–Kier alpha value is -1.40. The molecular weight excluding hydrogens is 266 g/mol. The van der Waals surface area contributed by atoms with E-state index in [1.165, 1.54) is 0 Å². The van der Waals surface area contributed by atoms with Crippen LogP contribution in [-0.2, 0) is 26.1 Å². The van der Waals surface area contributed by atoms with E-state index in [1.54, 1.807) is 6.92 Å². The average Bonchev–Trinajstić information content (AvgIpc) is 2.94. The molecule has 0 unspecified atom stereocenters. The van der Waals surface area contributed by atoms with E-state index in [0.717, 1.165) is 29.4 Å². The summed E-state index contributed by atoms with van der Waals surface area (Å²) in [6.45, 7) is 7.84. The lowest BCUT2D eigenvalue weighted by molar-refractivity contribution is 0.363. The lowest BCUT2D eigenvalue weighted by atomic mass is 10.3. The predicted octanol–water partition coefficient (Wildman–Crippen LogP) is 2.10. The van der Waals surface area contributed by atoms with Gasteiger partial charge in [-0.15, -0.1) is 0 Å². The van der Waals surface area contributed by atoms with Gasteiger partial charge in [0.05, 0.1) is 23.0 Å². The first-order valence-corrected chi connectivity index (χ1v) is 6.77. The van der Waals surface area contributed by atoms with Crippen molar-refractivity contribution in [1.29, 1.82) is 0 Å². The van der Waals surface area contributed by atoms with Crippen LogP contribution in [0.1, 0.15) is 37.0 Å². The Morgan fingerprint density at radius 2 is 2.11 bits per heavy atom. The molecule has 0 bridgehead atoms. The minimum atomic E-state index is 0.521. The molecule has 0 aliphatic carbocycles. The van der Waals surface area contributed by atoms with Crippen molar-refractivity contribution in [2.75, 3.05) is 0 Å². The first-order valence-electron chi connectivity index (χ1n) is 6.39. The Bertz CT molecular complexity index is 548. The van der Waals surface area contributed by atoms with E-state index in [4.69, 9.17) is 16.1 Å². The van der Waals surface area contributed by atoms with Crippen LogP contribution >= 0.6 is 11.6 Å². The minimum Gasteiger partial charge on any atom is -0.338 e. The van der Waals surface area contributed by atoms with Gasteiger partial charge in [-0.1, -0.05) is 23.7 Å². The van der Waals surface area contributed by atoms with Gasteiger partial charge in [-0.2, -0.15) is 10.1 Å². The number of nitrogens with one attached hydrogen (secondary N) is 1. The van der Waals surface area contributed by atoms with Gasteiger partial charge in [0, 0.05) is 13.1 Å². The van der Waals surface area contributed by atoms with Crippen molar-refractivity contribution in [3.63, 3.8) is 0 Å². The number of nitrogens with zero attached hydrogens (tertiary/aromatic N) is 4. The highest BCUT2D eigenvalue weighted by atomic mass is 35.5. The van der Waals surface area contributed by atoms with Crippen molar-refractivity contribution in [1.82, 2.24) is 25.2 Å². The monoisotopic (exact) mass is 283 g/mol. The highest BCUT2D eigenvalue weighted by Crippen LogP contribution is 2.21. The molecule has 0 fully saturated rings. The summed E-state index contributed by atoms with van der Waals surface area (Å²) in [5, 5.41) is 12.2. The normalized spacial score (nSPS) is 11.2. The smallest absolute Gasteiger partial charge is 0.240 e. The van der Waals surface area contributed by atoms with Crippen LogP contribution in [0.2, 0.25) is 5.02 Å². The van der Waals surface area contributed by atoms with E-state index >= 15 is 0 Å². The lowest BCUT2D eigenvalue weighted by Crippen LogP contribution is -2.16. The summed E-state index contributed by atoms with van der Waals surface area (Å²) in [7, 11) is 0. The van der Waals surface area contributed by atoms with Crippen molar-refractivity contribution < 1.29 is 4.52 Å². The topological polar surface area (TPSA) is 68.8 Å². The van der Waals surface area contributed by atoms with E-state index < -0.39 is 0 Å². The fourth-order valence-corrected chi connectivity index (χ4v) is 2.22. The van der Waals surface area contributed by atoms with Crippen molar-refractivity contribution in [2.45, 2.75) is 46.8 Å². The molecule has 2 aromatic heterocycles. The molecule has 2 heterocycles. The van der Waals surface area contributed by atoms with E-state index in [2.05, 4.69) is 20.6 Å². The molecule has 0 saturated heterocycles. The molecule has 104 valence electrons. The molecule has 6 nitrogen and oxygen atoms in total. The second-order valence-corrected chi connectivity index (χ2v) is 4.59. The Balaban J connectivity index is 2.00. The molecule has 0 amide bonds. The third-order valence-corrected chi connectivity index (χ3v) is 3.27. The summed E-state index contributed by atoms with van der Waals surface area (Å²) in [5.41, 5.74) is 1.94. The van der Waals surface area contributed by atoms with E-state index in [-0.39, 0.29) is 0 Å². The fraction of sp³-hybridized carbons (Fsp3) is 0.583. The van der Waals surface area contributed by atoms with E-state index in [0.29, 0.717) is 24.8 Å². The average molecular weight is 284 g/mol. The van der Waals surface area contributed by atoms with Crippen molar-refractivity contribution >= 4 is 11.6 Å². The number of halogens is 1. The zero-order chi connectivity index (χ0) is 13.8. The first-order chi connectivity index (χ1) is 9.15. The molecular formula is C12H18ClN5O. The molecule has 1 N–H and O–H groups in total. The molecule has 0 spiro atoms. The zero-order valence-corrected chi connectivity index (χ0v) is 12.2. The van der Waals surface area contributed by atoms with Crippen molar-refractivity contribution in [3.05, 3.63) is 28.1 Å². The number of aromatic nitrogens is 4. The predicted molar refractivity (Wildman–Crippen MR) is 71.9 cm³/mol. The quantitative estimate of drug-likeness (QED) is 0.879. The third kappa shape index (κ3) is 3.13. The standard InChI is InChI=1S/C12H18ClN5O/c1-4-9-12(13)10(18(5-2)16-9)6-14-7-11-15-8(3)17-19-11/h14H,4-7H2,1-3H3. The summed E-state index contributed by atoms with van der Waals surface area (Å²) >= 11 is 6.32. The van der Waals surface area contributed by atoms with Gasteiger partial charge in [-0.25, -0.2) is 0 Å². The highest BCUT2D eigenvalue weighted by Gasteiger charge is 2.14. The van der Waals surface area contributed by atoms with Gasteiger partial charge in [0.2, 0.25) is 5.89 Å². The molecule has 7 heteroatoms. The Kier molecular flexibility index (Phi) is 4.55. The number of hydrogen-bond donors (Lipinski definition) is 1. The summed E-state index contributed by atoms with van der Waals surface area (Å²) in [4.78, 5) is 4.13. The van der Waals surface area contributed by atoms with E-state index in [9.17, 15) is 0 Å². The lowest BCUT2D eigenvalue weighted by Gasteiger charge is -2.05. The van der Waals surface area contributed by atoms with E-state index in [1.807, 2.05) is 18.5 Å². The first kappa shape index (κ1) is 14.0. The van der Waals surface area contributed by atoms with Crippen LogP contribution in [-0.4, -0.2) is 19.9 Å². The summed E-state index contributed by atoms with van der Waals surface area (Å²) < 4.78 is 6.96. The van der Waals surface area contributed by atoms with Crippen LogP contribution in [0.3, 0.4) is 0 Å².